The van der Waals surface area contributed by atoms with Crippen LogP contribution in [0.1, 0.15) is 42.5 Å². The van der Waals surface area contributed by atoms with Gasteiger partial charge in [-0.25, -0.2) is 0 Å². The second-order valence-corrected chi connectivity index (χ2v) is 5.99. The minimum atomic E-state index is -0.401. The van der Waals surface area contributed by atoms with E-state index in [1.54, 1.807) is 12.3 Å². The van der Waals surface area contributed by atoms with Crippen molar-refractivity contribution in [3.8, 4) is 0 Å². The highest BCUT2D eigenvalue weighted by atomic mass is 35.5. The summed E-state index contributed by atoms with van der Waals surface area (Å²) in [5, 5.41) is 3.20. The van der Waals surface area contributed by atoms with Crippen LogP contribution in [0, 0.1) is 0 Å². The molecule has 1 aliphatic carbocycles. The van der Waals surface area contributed by atoms with Crippen molar-refractivity contribution >= 4 is 17.5 Å². The van der Waals surface area contributed by atoms with Crippen LogP contribution in [0.4, 0.5) is 0 Å². The molecule has 1 aromatic heterocycles. The Labute approximate surface area is 129 Å². The Kier molecular flexibility index (Phi) is 4.42. The molecular weight excluding hydrogens is 292 g/mol. The quantitative estimate of drug-likeness (QED) is 0.932. The predicted molar refractivity (Wildman–Crippen MR) is 78.2 cm³/mol. The number of hydrogen-bond donors (Lipinski definition) is 1. The fourth-order valence-corrected chi connectivity index (χ4v) is 3.14. The average Bonchev–Trinajstić information content (AvgIpc) is 2.89. The number of carbonyl (C=O) groups is 1. The van der Waals surface area contributed by atoms with E-state index >= 15 is 0 Å². The number of ether oxygens (including phenoxy) is 2. The molecule has 0 radical (unpaired) electrons. The van der Waals surface area contributed by atoms with E-state index in [0.717, 1.165) is 25.7 Å². The van der Waals surface area contributed by atoms with E-state index in [1.807, 2.05) is 0 Å². The van der Waals surface area contributed by atoms with Crippen molar-refractivity contribution < 1.29 is 14.3 Å². The van der Waals surface area contributed by atoms with Crippen LogP contribution in [0.25, 0.3) is 0 Å². The van der Waals surface area contributed by atoms with Crippen LogP contribution in [-0.4, -0.2) is 35.9 Å². The van der Waals surface area contributed by atoms with Gasteiger partial charge in [0.15, 0.2) is 5.79 Å². The summed E-state index contributed by atoms with van der Waals surface area (Å²) in [6.07, 6.45) is 8.36. The predicted octanol–water partition coefficient (Wildman–Crippen LogP) is 2.54. The Hall–Kier alpha value is -1.17. The molecule has 114 valence electrons. The van der Waals surface area contributed by atoms with Gasteiger partial charge in [-0.05, 0) is 18.9 Å². The average molecular weight is 311 g/mol. The molecule has 1 spiro atoms. The maximum Gasteiger partial charge on any atom is 0.253 e. The third kappa shape index (κ3) is 3.36. The molecule has 2 aliphatic rings. The number of amides is 1. The summed E-state index contributed by atoms with van der Waals surface area (Å²) < 4.78 is 11.9. The van der Waals surface area contributed by atoms with Crippen LogP contribution in [0.5, 0.6) is 0 Å². The van der Waals surface area contributed by atoms with Crippen molar-refractivity contribution in [2.45, 2.75) is 44.0 Å². The second-order valence-electron chi connectivity index (χ2n) is 5.59. The lowest BCUT2D eigenvalue weighted by Gasteiger charge is -2.31. The lowest BCUT2D eigenvalue weighted by atomic mass is 9.94. The molecule has 1 atom stereocenters. The maximum absolute atomic E-state index is 12.1. The summed E-state index contributed by atoms with van der Waals surface area (Å²) in [6.45, 7) is 0.962. The van der Waals surface area contributed by atoms with Crippen molar-refractivity contribution in [2.75, 3.05) is 13.2 Å². The van der Waals surface area contributed by atoms with Gasteiger partial charge >= 0.3 is 0 Å². The van der Waals surface area contributed by atoms with Crippen molar-refractivity contribution in [3.63, 3.8) is 0 Å². The Morgan fingerprint density at radius 2 is 2.24 bits per heavy atom. The molecule has 0 aromatic carbocycles. The highest BCUT2D eigenvalue weighted by molar-refractivity contribution is 6.33. The van der Waals surface area contributed by atoms with Gasteiger partial charge in [-0.15, -0.1) is 0 Å². The maximum atomic E-state index is 12.1. The molecule has 1 aromatic rings. The molecule has 2 fully saturated rings. The van der Waals surface area contributed by atoms with E-state index in [0.29, 0.717) is 23.7 Å². The van der Waals surface area contributed by atoms with Gasteiger partial charge in [0.25, 0.3) is 5.91 Å². The zero-order valence-corrected chi connectivity index (χ0v) is 12.6. The van der Waals surface area contributed by atoms with E-state index in [4.69, 9.17) is 21.1 Å². The van der Waals surface area contributed by atoms with Crippen molar-refractivity contribution in [2.24, 2.45) is 0 Å². The van der Waals surface area contributed by atoms with Crippen molar-refractivity contribution in [1.82, 2.24) is 10.3 Å². The largest absolute Gasteiger partial charge is 0.349 e. The second kappa shape index (κ2) is 6.30. The van der Waals surface area contributed by atoms with E-state index in [2.05, 4.69) is 10.3 Å². The van der Waals surface area contributed by atoms with Gasteiger partial charge in [0.05, 0.1) is 17.2 Å². The number of nitrogens with one attached hydrogen (secondary N) is 1. The number of nitrogens with zero attached hydrogens (tertiary/aromatic N) is 1. The highest BCUT2D eigenvalue weighted by Gasteiger charge is 2.42. The van der Waals surface area contributed by atoms with Gasteiger partial charge in [0.2, 0.25) is 0 Å². The van der Waals surface area contributed by atoms with Crippen molar-refractivity contribution in [3.05, 3.63) is 29.0 Å². The Bertz CT molecular complexity index is 517. The van der Waals surface area contributed by atoms with Gasteiger partial charge < -0.3 is 14.8 Å². The Morgan fingerprint density at radius 1 is 1.43 bits per heavy atom. The number of halogens is 1. The zero-order valence-electron chi connectivity index (χ0n) is 11.8. The van der Waals surface area contributed by atoms with Crippen LogP contribution in [0.3, 0.4) is 0 Å². The third-order valence-corrected chi connectivity index (χ3v) is 4.34. The van der Waals surface area contributed by atoms with E-state index in [-0.39, 0.29) is 12.0 Å². The first kappa shape index (κ1) is 14.8. The van der Waals surface area contributed by atoms with Gasteiger partial charge in [-0.3, -0.25) is 9.78 Å². The van der Waals surface area contributed by atoms with Crippen LogP contribution in [0.2, 0.25) is 5.02 Å². The van der Waals surface area contributed by atoms with Crippen LogP contribution >= 0.6 is 11.6 Å². The van der Waals surface area contributed by atoms with E-state index in [9.17, 15) is 4.79 Å². The molecule has 6 heteroatoms. The van der Waals surface area contributed by atoms with E-state index < -0.39 is 5.79 Å². The standard InChI is InChI=1S/C15H19ClN2O3/c16-13-9-17-7-4-12(13)14(19)18-8-11-10-20-15(21-11)5-2-1-3-6-15/h4,7,9,11H,1-3,5-6,8,10H2,(H,18,19)/t11-/m1/s1. The lowest BCUT2D eigenvalue weighted by molar-refractivity contribution is -0.186. The molecular formula is C15H19ClN2O3. The van der Waals surface area contributed by atoms with Crippen LogP contribution in [-0.2, 0) is 9.47 Å². The van der Waals surface area contributed by atoms with Crippen LogP contribution < -0.4 is 5.32 Å². The van der Waals surface area contributed by atoms with Gasteiger partial charge in [0.1, 0.15) is 6.10 Å². The molecule has 2 heterocycles. The summed E-state index contributed by atoms with van der Waals surface area (Å²) >= 11 is 5.95. The topological polar surface area (TPSA) is 60.5 Å². The van der Waals surface area contributed by atoms with Crippen LogP contribution in [0.15, 0.2) is 18.5 Å². The summed E-state index contributed by atoms with van der Waals surface area (Å²) in [5.41, 5.74) is 0.429. The highest BCUT2D eigenvalue weighted by Crippen LogP contribution is 2.37. The smallest absolute Gasteiger partial charge is 0.253 e. The number of rotatable bonds is 3. The fourth-order valence-electron chi connectivity index (χ4n) is 2.93. The number of pyridine rings is 1. The summed E-state index contributed by atoms with van der Waals surface area (Å²) in [4.78, 5) is 15.9. The molecule has 1 saturated carbocycles. The summed E-state index contributed by atoms with van der Waals surface area (Å²) in [5.74, 6) is -0.613. The van der Waals surface area contributed by atoms with Gasteiger partial charge in [-0.1, -0.05) is 18.0 Å². The third-order valence-electron chi connectivity index (χ3n) is 4.04. The van der Waals surface area contributed by atoms with E-state index in [1.165, 1.54) is 12.6 Å². The molecule has 5 nitrogen and oxygen atoms in total. The molecule has 0 bridgehead atoms. The molecule has 1 aliphatic heterocycles. The minimum Gasteiger partial charge on any atom is -0.349 e. The molecule has 1 N–H and O–H groups in total. The summed E-state index contributed by atoms with van der Waals surface area (Å²) in [6, 6.07) is 1.60. The zero-order chi connectivity index (χ0) is 14.7. The minimum absolute atomic E-state index is 0.0901. The number of hydrogen-bond acceptors (Lipinski definition) is 4. The monoisotopic (exact) mass is 310 g/mol. The number of aromatic nitrogens is 1. The first-order valence-electron chi connectivity index (χ1n) is 7.38. The van der Waals surface area contributed by atoms with Crippen molar-refractivity contribution in [1.29, 1.82) is 0 Å². The molecule has 0 unspecified atom stereocenters. The number of carbonyl (C=O) groups excluding carboxylic acids is 1. The summed E-state index contributed by atoms with van der Waals surface area (Å²) in [7, 11) is 0. The molecule has 1 amide bonds. The van der Waals surface area contributed by atoms with Gasteiger partial charge in [-0.2, -0.15) is 0 Å². The molecule has 3 rings (SSSR count). The first-order chi connectivity index (χ1) is 10.2. The Morgan fingerprint density at radius 3 is 3.00 bits per heavy atom. The normalized spacial score (nSPS) is 24.1. The molecule has 21 heavy (non-hydrogen) atoms. The SMILES string of the molecule is O=C(NC[C@@H]1COC2(CCCCC2)O1)c1ccncc1Cl. The lowest BCUT2D eigenvalue weighted by Crippen LogP contribution is -2.37. The first-order valence-corrected chi connectivity index (χ1v) is 7.76. The fraction of sp³-hybridized carbons (Fsp3) is 0.600. The Balaban J connectivity index is 1.52. The van der Waals surface area contributed by atoms with Gasteiger partial charge in [0, 0.05) is 31.8 Å². The molecule has 1 saturated heterocycles.